The Labute approximate surface area is 192 Å². The fourth-order valence-corrected chi connectivity index (χ4v) is 3.76. The van der Waals surface area contributed by atoms with Gasteiger partial charge in [0.15, 0.2) is 0 Å². The van der Waals surface area contributed by atoms with Crippen LogP contribution >= 0.6 is 0 Å². The Kier molecular flexibility index (Phi) is 8.34. The van der Waals surface area contributed by atoms with E-state index < -0.39 is 17.5 Å². The second-order valence-corrected chi connectivity index (χ2v) is 7.92. The van der Waals surface area contributed by atoms with Crippen molar-refractivity contribution in [3.8, 4) is 5.75 Å². The minimum absolute atomic E-state index is 0.722. The number of para-hydroxylation sites is 2. The molecule has 0 saturated carbocycles. The maximum Gasteiger partial charge on any atom is 0.414 e. The first kappa shape index (κ1) is 24.2. The Morgan fingerprint density at radius 1 is 0.970 bits per heavy atom. The topological polar surface area (TPSA) is 120 Å². The summed E-state index contributed by atoms with van der Waals surface area (Å²) in [6, 6.07) is 20.1. The molecular formula is C25H28N2O6. The molecule has 0 atom stereocenters. The fourth-order valence-electron chi connectivity index (χ4n) is 3.76. The van der Waals surface area contributed by atoms with Crippen molar-refractivity contribution in [3.63, 3.8) is 0 Å². The highest BCUT2D eigenvalue weighted by molar-refractivity contribution is 6.27. The van der Waals surface area contributed by atoms with Gasteiger partial charge in [-0.3, -0.25) is 4.98 Å². The van der Waals surface area contributed by atoms with Gasteiger partial charge in [-0.1, -0.05) is 36.4 Å². The monoisotopic (exact) mass is 452 g/mol. The number of aliphatic hydroxyl groups is 1. The number of ether oxygens (including phenoxy) is 1. The molecule has 3 N–H and O–H groups in total. The molecule has 2 aromatic carbocycles. The molecule has 1 aliphatic heterocycles. The number of carbonyl (C=O) groups is 2. The summed E-state index contributed by atoms with van der Waals surface area (Å²) in [5, 5.41) is 27.0. The molecule has 4 rings (SSSR count). The lowest BCUT2D eigenvalue weighted by Crippen LogP contribution is -2.43. The number of hydrogen-bond acceptors (Lipinski definition) is 6. The molecular weight excluding hydrogens is 424 g/mol. The summed E-state index contributed by atoms with van der Waals surface area (Å²) in [4.78, 5) is 25.1. The third-order valence-electron chi connectivity index (χ3n) is 5.62. The quantitative estimate of drug-likeness (QED) is 0.385. The molecule has 2 heterocycles. The Morgan fingerprint density at radius 3 is 2.27 bits per heavy atom. The minimum Gasteiger partial charge on any atom is -0.494 e. The van der Waals surface area contributed by atoms with Gasteiger partial charge in [-0.15, -0.1) is 0 Å². The van der Waals surface area contributed by atoms with Crippen molar-refractivity contribution in [2.75, 3.05) is 26.2 Å². The van der Waals surface area contributed by atoms with Gasteiger partial charge in [0.25, 0.3) is 0 Å². The molecule has 0 spiro atoms. The van der Waals surface area contributed by atoms with Gasteiger partial charge in [0.1, 0.15) is 5.75 Å². The van der Waals surface area contributed by atoms with Crippen molar-refractivity contribution in [2.24, 2.45) is 0 Å². The predicted molar refractivity (Wildman–Crippen MR) is 123 cm³/mol. The van der Waals surface area contributed by atoms with E-state index in [-0.39, 0.29) is 0 Å². The highest BCUT2D eigenvalue weighted by Gasteiger charge is 2.34. The number of hydrogen-bond donors (Lipinski definition) is 3. The molecule has 0 aliphatic carbocycles. The number of likely N-dealkylation sites (tertiary alicyclic amines) is 1. The molecule has 1 fully saturated rings. The van der Waals surface area contributed by atoms with Crippen molar-refractivity contribution >= 4 is 22.8 Å². The van der Waals surface area contributed by atoms with Crippen molar-refractivity contribution < 1.29 is 29.6 Å². The predicted octanol–water partition coefficient (Wildman–Crippen LogP) is 3.14. The lowest BCUT2D eigenvalue weighted by Gasteiger charge is -2.38. The van der Waals surface area contributed by atoms with Gasteiger partial charge in [-0.05, 0) is 43.5 Å². The summed E-state index contributed by atoms with van der Waals surface area (Å²) in [5.41, 5.74) is 1.14. The van der Waals surface area contributed by atoms with Gasteiger partial charge in [-0.25, -0.2) is 9.59 Å². The molecule has 0 bridgehead atoms. The summed E-state index contributed by atoms with van der Waals surface area (Å²) in [6.45, 7) is 3.52. The van der Waals surface area contributed by atoms with E-state index >= 15 is 0 Å². The van der Waals surface area contributed by atoms with E-state index in [2.05, 4.69) is 22.0 Å². The van der Waals surface area contributed by atoms with E-state index in [4.69, 9.17) is 24.5 Å². The number of aromatic nitrogens is 1. The van der Waals surface area contributed by atoms with E-state index in [0.29, 0.717) is 0 Å². The number of pyridine rings is 1. The maximum absolute atomic E-state index is 11.1. The van der Waals surface area contributed by atoms with Crippen LogP contribution in [0.3, 0.4) is 0 Å². The van der Waals surface area contributed by atoms with Crippen LogP contribution in [0.25, 0.3) is 10.9 Å². The summed E-state index contributed by atoms with van der Waals surface area (Å²) in [5.74, 6) is -2.72. The lowest BCUT2D eigenvalue weighted by atomic mass is 9.85. The number of carboxylic acid groups (broad SMARTS) is 2. The minimum atomic E-state index is -1.82. The van der Waals surface area contributed by atoms with Crippen molar-refractivity contribution in [1.82, 2.24) is 9.88 Å². The van der Waals surface area contributed by atoms with Crippen molar-refractivity contribution in [3.05, 3.63) is 72.4 Å². The number of aliphatic carboxylic acids is 2. The third-order valence-corrected chi connectivity index (χ3v) is 5.62. The average Bonchev–Trinajstić information content (AvgIpc) is 2.84. The number of fused-ring (bicyclic) bond motifs is 1. The Hall–Kier alpha value is -3.49. The molecule has 8 nitrogen and oxygen atoms in total. The third kappa shape index (κ3) is 7.00. The van der Waals surface area contributed by atoms with Crippen LogP contribution in [-0.4, -0.2) is 63.4 Å². The number of piperidine rings is 1. The van der Waals surface area contributed by atoms with E-state index in [0.717, 1.165) is 67.7 Å². The van der Waals surface area contributed by atoms with E-state index in [9.17, 15) is 5.11 Å². The van der Waals surface area contributed by atoms with Gasteiger partial charge < -0.3 is 25.0 Å². The Morgan fingerprint density at radius 2 is 1.61 bits per heavy atom. The first-order valence-electron chi connectivity index (χ1n) is 10.8. The standard InChI is InChI=1S/C23H26N2O2.C2H2O4/c26-23(20-17-19-7-4-5-10-22(19)24-18-20)11-14-25(15-12-23)13-6-16-27-21-8-2-1-3-9-21;3-1(4)2(5)6/h1-5,7-10,17-18,26H,6,11-16H2;(H,3,4)(H,5,6). The number of rotatable bonds is 6. The largest absolute Gasteiger partial charge is 0.494 e. The highest BCUT2D eigenvalue weighted by atomic mass is 16.5. The highest BCUT2D eigenvalue weighted by Crippen LogP contribution is 2.33. The zero-order valence-electron chi connectivity index (χ0n) is 18.3. The van der Waals surface area contributed by atoms with Gasteiger partial charge in [0, 0.05) is 36.8 Å². The molecule has 1 aromatic heterocycles. The van der Waals surface area contributed by atoms with Crippen molar-refractivity contribution in [2.45, 2.75) is 24.9 Å². The normalized spacial score (nSPS) is 15.3. The molecule has 33 heavy (non-hydrogen) atoms. The van der Waals surface area contributed by atoms with Gasteiger partial charge >= 0.3 is 11.9 Å². The summed E-state index contributed by atoms with van der Waals surface area (Å²) < 4.78 is 5.76. The Bertz CT molecular complexity index is 1050. The first-order valence-corrected chi connectivity index (χ1v) is 10.8. The van der Waals surface area contributed by atoms with Crippen LogP contribution in [0.2, 0.25) is 0 Å². The van der Waals surface area contributed by atoms with Crippen molar-refractivity contribution in [1.29, 1.82) is 0 Å². The summed E-state index contributed by atoms with van der Waals surface area (Å²) >= 11 is 0. The Balaban J connectivity index is 0.000000454. The second kappa shape index (κ2) is 11.4. The van der Waals surface area contributed by atoms with Gasteiger partial charge in [0.2, 0.25) is 0 Å². The van der Waals surface area contributed by atoms with E-state index in [1.165, 1.54) is 0 Å². The number of nitrogens with zero attached hydrogens (tertiary/aromatic N) is 2. The van der Waals surface area contributed by atoms with Crippen LogP contribution in [-0.2, 0) is 15.2 Å². The molecule has 0 radical (unpaired) electrons. The van der Waals surface area contributed by atoms with Gasteiger partial charge in [-0.2, -0.15) is 0 Å². The van der Waals surface area contributed by atoms with Gasteiger partial charge in [0.05, 0.1) is 17.7 Å². The maximum atomic E-state index is 11.1. The molecule has 0 unspecified atom stereocenters. The van der Waals surface area contributed by atoms with Crippen LogP contribution in [0, 0.1) is 0 Å². The first-order chi connectivity index (χ1) is 15.9. The summed E-state index contributed by atoms with van der Waals surface area (Å²) in [6.07, 6.45) is 4.32. The second-order valence-electron chi connectivity index (χ2n) is 7.92. The van der Waals surface area contributed by atoms with Crippen LogP contribution in [0.1, 0.15) is 24.8 Å². The zero-order valence-corrected chi connectivity index (χ0v) is 18.3. The molecule has 1 saturated heterocycles. The SMILES string of the molecule is O=C(O)C(=O)O.OC1(c2cnc3ccccc3c2)CCN(CCCOc2ccccc2)CC1. The van der Waals surface area contributed by atoms with E-state index in [1.54, 1.807) is 0 Å². The van der Waals surface area contributed by atoms with Crippen LogP contribution < -0.4 is 4.74 Å². The smallest absolute Gasteiger partial charge is 0.414 e. The molecule has 0 amide bonds. The molecule has 3 aromatic rings. The number of carboxylic acids is 2. The molecule has 8 heteroatoms. The molecule has 174 valence electrons. The van der Waals surface area contributed by atoms with Crippen LogP contribution in [0.4, 0.5) is 0 Å². The van der Waals surface area contributed by atoms with E-state index in [1.807, 2.05) is 54.7 Å². The lowest BCUT2D eigenvalue weighted by molar-refractivity contribution is -0.159. The molecule has 1 aliphatic rings. The average molecular weight is 453 g/mol. The summed E-state index contributed by atoms with van der Waals surface area (Å²) in [7, 11) is 0. The fraction of sp³-hybridized carbons (Fsp3) is 0.320. The van der Waals surface area contributed by atoms with Crippen LogP contribution in [0.5, 0.6) is 5.75 Å². The zero-order chi connectivity index (χ0) is 23.7. The number of benzene rings is 2. The van der Waals surface area contributed by atoms with Crippen LogP contribution in [0.15, 0.2) is 66.9 Å².